The first-order chi connectivity index (χ1) is 16.9. The molecule has 2 aliphatic carbocycles. The van der Waals surface area contributed by atoms with E-state index in [1.54, 1.807) is 30.3 Å². The molecule has 0 spiro atoms. The number of rotatable bonds is 5. The highest BCUT2D eigenvalue weighted by Crippen LogP contribution is 2.52. The Kier molecular flexibility index (Phi) is 4.36. The van der Waals surface area contributed by atoms with Crippen LogP contribution in [0.25, 0.3) is 5.69 Å². The lowest BCUT2D eigenvalue weighted by Crippen LogP contribution is -2.57. The van der Waals surface area contributed by atoms with Gasteiger partial charge in [0.25, 0.3) is 5.69 Å². The molecule has 2 bridgehead atoms. The molecule has 2 aliphatic heterocycles. The number of non-ortho nitro benzene ring substituents is 1. The highest BCUT2D eigenvalue weighted by Gasteiger charge is 2.55. The van der Waals surface area contributed by atoms with Crippen LogP contribution in [-0.2, 0) is 0 Å². The number of nitrogens with zero attached hydrogens (tertiary/aromatic N) is 6. The third-order valence-electron chi connectivity index (χ3n) is 6.90. The van der Waals surface area contributed by atoms with Crippen LogP contribution in [0.4, 0.5) is 17.1 Å². The summed E-state index contributed by atoms with van der Waals surface area (Å²) in [6.45, 7) is 0. The normalized spacial score (nSPS) is 24.5. The molecule has 3 heterocycles. The molecule has 4 unspecified atom stereocenters. The van der Waals surface area contributed by atoms with E-state index < -0.39 is 38.6 Å². The lowest BCUT2D eigenvalue weighted by atomic mass is 9.61. The smallest absolute Gasteiger partial charge is 0.272 e. The summed E-state index contributed by atoms with van der Waals surface area (Å²) in [5.41, 5.74) is 2.20. The van der Waals surface area contributed by atoms with E-state index in [1.165, 1.54) is 15.4 Å². The van der Waals surface area contributed by atoms with E-state index in [-0.39, 0.29) is 23.6 Å². The summed E-state index contributed by atoms with van der Waals surface area (Å²) in [4.78, 5) is 47.4. The molecule has 4 atom stereocenters. The molecule has 35 heavy (non-hydrogen) atoms. The molecular formula is C22H17N7O6. The van der Waals surface area contributed by atoms with Crippen molar-refractivity contribution in [2.45, 2.75) is 18.5 Å². The van der Waals surface area contributed by atoms with Gasteiger partial charge in [-0.3, -0.25) is 25.7 Å². The van der Waals surface area contributed by atoms with Gasteiger partial charge in [-0.05, 0) is 24.6 Å². The van der Waals surface area contributed by atoms with E-state index in [1.807, 2.05) is 12.2 Å². The first kappa shape index (κ1) is 20.8. The van der Waals surface area contributed by atoms with E-state index in [4.69, 9.17) is 0 Å². The van der Waals surface area contributed by atoms with Gasteiger partial charge in [-0.1, -0.05) is 30.4 Å². The van der Waals surface area contributed by atoms with Crippen molar-refractivity contribution < 1.29 is 9.85 Å². The summed E-state index contributed by atoms with van der Waals surface area (Å²) in [5.74, 6) is -0.0977. The van der Waals surface area contributed by atoms with Crippen LogP contribution in [0.15, 0.2) is 75.4 Å². The van der Waals surface area contributed by atoms with E-state index in [2.05, 4.69) is 10.5 Å². The van der Waals surface area contributed by atoms with Crippen molar-refractivity contribution in [1.82, 2.24) is 13.9 Å². The third kappa shape index (κ3) is 2.90. The van der Waals surface area contributed by atoms with Gasteiger partial charge < -0.3 is 0 Å². The number of para-hydroxylation sites is 1. The summed E-state index contributed by atoms with van der Waals surface area (Å²) in [6.07, 6.45) is 4.37. The zero-order valence-electron chi connectivity index (χ0n) is 17.9. The highest BCUT2D eigenvalue weighted by molar-refractivity contribution is 5.94. The Morgan fingerprint density at radius 3 is 2.29 bits per heavy atom. The summed E-state index contributed by atoms with van der Waals surface area (Å²) < 4.78 is 4.13. The monoisotopic (exact) mass is 475 g/mol. The second kappa shape index (κ2) is 7.35. The molecule has 1 saturated carbocycles. The second-order valence-electron chi connectivity index (χ2n) is 8.62. The zero-order valence-corrected chi connectivity index (χ0v) is 17.9. The first-order valence-electron chi connectivity index (χ1n) is 10.8. The molecule has 0 radical (unpaired) electrons. The molecule has 13 heteroatoms. The van der Waals surface area contributed by atoms with Crippen LogP contribution in [-0.4, -0.2) is 29.5 Å². The first-order valence-corrected chi connectivity index (χ1v) is 10.8. The van der Waals surface area contributed by atoms with E-state index in [0.29, 0.717) is 17.8 Å². The average molecular weight is 475 g/mol. The van der Waals surface area contributed by atoms with Crippen molar-refractivity contribution in [2.24, 2.45) is 16.9 Å². The Morgan fingerprint density at radius 1 is 0.914 bits per heavy atom. The van der Waals surface area contributed by atoms with Crippen LogP contribution in [0, 0.1) is 32.1 Å². The molecule has 1 aromatic heterocycles. The fourth-order valence-corrected chi connectivity index (χ4v) is 5.30. The molecule has 3 aromatic rings. The third-order valence-corrected chi connectivity index (χ3v) is 6.90. The number of anilines is 1. The van der Waals surface area contributed by atoms with Gasteiger partial charge in [-0.25, -0.2) is 23.5 Å². The molecule has 1 N–H and O–H groups in total. The molecular weight excluding hydrogens is 458 g/mol. The molecule has 13 nitrogen and oxygen atoms in total. The minimum absolute atomic E-state index is 0.0253. The Hall–Kier alpha value is -4.81. The summed E-state index contributed by atoms with van der Waals surface area (Å²) in [5, 5.41) is 26.7. The van der Waals surface area contributed by atoms with E-state index in [0.717, 1.165) is 16.7 Å². The Morgan fingerprint density at radius 2 is 1.60 bits per heavy atom. The van der Waals surface area contributed by atoms with Crippen LogP contribution in [0.3, 0.4) is 0 Å². The Labute approximate surface area is 195 Å². The van der Waals surface area contributed by atoms with Gasteiger partial charge in [-0.15, -0.1) is 0 Å². The Balaban J connectivity index is 1.35. The van der Waals surface area contributed by atoms with Gasteiger partial charge in [0.2, 0.25) is 0 Å². The number of hydrogen-bond donors (Lipinski definition) is 1. The van der Waals surface area contributed by atoms with Crippen LogP contribution in [0.1, 0.15) is 18.5 Å². The van der Waals surface area contributed by atoms with Gasteiger partial charge in [-0.2, -0.15) is 5.10 Å². The maximum Gasteiger partial charge on any atom is 0.352 e. The summed E-state index contributed by atoms with van der Waals surface area (Å²) >= 11 is 0. The average Bonchev–Trinajstić information content (AvgIpc) is 3.11. The molecule has 0 saturated heterocycles. The predicted octanol–water partition coefficient (Wildman–Crippen LogP) is 2.39. The van der Waals surface area contributed by atoms with Crippen LogP contribution < -0.4 is 16.8 Å². The van der Waals surface area contributed by atoms with Crippen molar-refractivity contribution in [3.63, 3.8) is 0 Å². The lowest BCUT2D eigenvalue weighted by molar-refractivity contribution is -0.393. The quantitative estimate of drug-likeness (QED) is 0.337. The summed E-state index contributed by atoms with van der Waals surface area (Å²) in [6, 6.07) is 11.3. The molecule has 176 valence electrons. The van der Waals surface area contributed by atoms with E-state index >= 15 is 0 Å². The number of aromatic nitrogens is 3. The number of nitro groups is 2. The maximum atomic E-state index is 13.3. The van der Waals surface area contributed by atoms with Crippen LogP contribution >= 0.6 is 0 Å². The molecule has 7 rings (SSSR count). The van der Waals surface area contributed by atoms with Gasteiger partial charge in [0, 0.05) is 23.6 Å². The van der Waals surface area contributed by atoms with Crippen molar-refractivity contribution >= 4 is 22.8 Å². The molecule has 1 fully saturated rings. The number of hydrogen-bond acceptors (Lipinski definition) is 8. The van der Waals surface area contributed by atoms with Crippen molar-refractivity contribution in [3.05, 3.63) is 102 Å². The zero-order chi connectivity index (χ0) is 24.4. The van der Waals surface area contributed by atoms with Crippen LogP contribution in [0.2, 0.25) is 0 Å². The number of hydrazone groups is 1. The Bertz CT molecular complexity index is 1580. The standard InChI is InChI=1S/C22H17N7O6/c30-21-25(12-4-2-1-3-5-12)22(31)27-18-9-8-17(26(21)27)14-11-16(20(14)18)24-23-15-7-6-13(28(32)33)10-19(15)29(34)35/h1-10,14,17-18,20,23H,11H2/b24-16+. The molecule has 4 aliphatic rings. The van der Waals surface area contributed by atoms with Crippen LogP contribution in [0.5, 0.6) is 0 Å². The largest absolute Gasteiger partial charge is 0.352 e. The minimum Gasteiger partial charge on any atom is -0.272 e. The summed E-state index contributed by atoms with van der Waals surface area (Å²) in [7, 11) is 0. The molecule has 2 aromatic carbocycles. The topological polar surface area (TPSA) is 160 Å². The number of nitro benzene ring substituents is 2. The second-order valence-corrected chi connectivity index (χ2v) is 8.62. The van der Waals surface area contributed by atoms with Crippen molar-refractivity contribution in [3.8, 4) is 5.69 Å². The van der Waals surface area contributed by atoms with Gasteiger partial charge in [0.1, 0.15) is 5.69 Å². The lowest BCUT2D eigenvalue weighted by Gasteiger charge is -2.52. The fourth-order valence-electron chi connectivity index (χ4n) is 5.30. The van der Waals surface area contributed by atoms with Crippen molar-refractivity contribution in [1.29, 1.82) is 0 Å². The van der Waals surface area contributed by atoms with Gasteiger partial charge in [0.15, 0.2) is 0 Å². The maximum absolute atomic E-state index is 13.3. The van der Waals surface area contributed by atoms with E-state index in [9.17, 15) is 29.8 Å². The number of nitrogens with one attached hydrogen (secondary N) is 1. The van der Waals surface area contributed by atoms with Gasteiger partial charge >= 0.3 is 17.1 Å². The number of allylic oxidation sites excluding steroid dienone is 2. The molecule has 0 amide bonds. The minimum atomic E-state index is -0.713. The SMILES string of the molecule is O=c1n(-c2ccccc2)c(=O)n2n1C1C=CC2C2/C(=N/Nc3ccc([N+](=O)[O-])cc3[N+](=O)[O-])CC21. The predicted molar refractivity (Wildman–Crippen MR) is 124 cm³/mol. The van der Waals surface area contributed by atoms with Gasteiger partial charge in [0.05, 0.1) is 33.7 Å². The van der Waals surface area contributed by atoms with Crippen molar-refractivity contribution in [2.75, 3.05) is 5.43 Å². The number of benzene rings is 2. The highest BCUT2D eigenvalue weighted by atomic mass is 16.6. The fraction of sp³-hybridized carbons (Fsp3) is 0.227.